The van der Waals surface area contributed by atoms with E-state index in [0.717, 1.165) is 56.3 Å². The molecule has 4 aromatic rings. The van der Waals surface area contributed by atoms with E-state index < -0.39 is 71.0 Å². The minimum absolute atomic E-state index is 0.0396. The molecule has 0 spiro atoms. The molecule has 1 atom stereocenters. The number of rotatable bonds is 7. The molecule has 0 aliphatic carbocycles. The highest BCUT2D eigenvalue weighted by atomic mass is 19.4. The summed E-state index contributed by atoms with van der Waals surface area (Å²) in [6.07, 6.45) is -5.49. The normalized spacial score (nSPS) is 15.0. The Hall–Kier alpha value is -4.23. The average Bonchev–Trinajstić information content (AvgIpc) is 2.93. The minimum atomic E-state index is -5.49. The number of aryl methyl sites for hydroxylation is 1. The molecule has 0 aliphatic rings. The number of nitrogens with one attached hydrogen (secondary N) is 1. The number of hydrogen-bond donors (Lipinski definition) is 3. The van der Waals surface area contributed by atoms with Gasteiger partial charge in [-0.05, 0) is 69.2 Å². The van der Waals surface area contributed by atoms with Crippen LogP contribution in [-0.2, 0) is 11.2 Å². The number of fused-ring (bicyclic) bond motifs is 1. The van der Waals surface area contributed by atoms with Crippen LogP contribution in [0.4, 0.5) is 22.0 Å². The number of aromatic nitrogens is 3. The summed E-state index contributed by atoms with van der Waals surface area (Å²) in [5.41, 5.74) is -9.23. The van der Waals surface area contributed by atoms with Gasteiger partial charge in [-0.25, -0.2) is 13.8 Å². The van der Waals surface area contributed by atoms with Crippen LogP contribution in [0.5, 0.6) is 5.75 Å². The molecule has 0 bridgehead atoms. The van der Waals surface area contributed by atoms with Gasteiger partial charge in [0.05, 0.1) is 30.6 Å². The van der Waals surface area contributed by atoms with Gasteiger partial charge in [0.1, 0.15) is 22.8 Å². The van der Waals surface area contributed by atoms with Crippen LogP contribution >= 0.6 is 0 Å². The van der Waals surface area contributed by atoms with Gasteiger partial charge in [0.25, 0.3) is 5.91 Å². The minimum Gasteiger partial charge on any atom is -0.494 e. The maximum atomic E-state index is 15.5. The first-order chi connectivity index (χ1) is 20.3. The van der Waals surface area contributed by atoms with Crippen LogP contribution in [-0.4, -0.2) is 51.1 Å². The number of methoxy groups -OCH3 is 1. The number of pyridine rings is 1. The SMILES string of the molecule is [2H]C([2H])([2H])c1cc2cc(C(=O)NC[C@](O)(c3cc(C(C)(C)O)c(F)c(-c4ccc(F)cc4)n3)C(F)(F)F)cc(OC)c2nn1. The van der Waals surface area contributed by atoms with Crippen molar-refractivity contribution in [3.8, 4) is 17.0 Å². The molecule has 0 saturated carbocycles. The summed E-state index contributed by atoms with van der Waals surface area (Å²) in [6, 6.07) is 7.90. The van der Waals surface area contributed by atoms with Gasteiger partial charge in [-0.1, -0.05) is 0 Å². The van der Waals surface area contributed by atoms with Crippen LogP contribution in [0.1, 0.15) is 45.3 Å². The molecule has 3 N–H and O–H groups in total. The van der Waals surface area contributed by atoms with E-state index in [-0.39, 0.29) is 27.8 Å². The Kier molecular flexibility index (Phi) is 6.67. The van der Waals surface area contributed by atoms with E-state index in [1.807, 2.05) is 5.32 Å². The summed E-state index contributed by atoms with van der Waals surface area (Å²) in [5, 5.41) is 31.1. The highest BCUT2D eigenvalue weighted by Gasteiger charge is 2.57. The first-order valence-corrected chi connectivity index (χ1v) is 11.9. The first-order valence-electron chi connectivity index (χ1n) is 13.4. The zero-order valence-electron chi connectivity index (χ0n) is 24.8. The van der Waals surface area contributed by atoms with E-state index >= 15 is 4.39 Å². The third-order valence-corrected chi connectivity index (χ3v) is 6.27. The summed E-state index contributed by atoms with van der Waals surface area (Å²) < 4.78 is 100. The van der Waals surface area contributed by atoms with Crippen molar-refractivity contribution in [2.75, 3.05) is 13.7 Å². The Balaban J connectivity index is 1.79. The Morgan fingerprint density at radius 3 is 2.32 bits per heavy atom. The van der Waals surface area contributed by atoms with E-state index in [1.165, 1.54) is 7.11 Å². The fraction of sp³-hybridized carbons (Fsp3) is 0.286. The predicted molar refractivity (Wildman–Crippen MR) is 138 cm³/mol. The van der Waals surface area contributed by atoms with Crippen LogP contribution in [0.3, 0.4) is 0 Å². The third-order valence-electron chi connectivity index (χ3n) is 6.27. The zero-order chi connectivity index (χ0) is 32.8. The second kappa shape index (κ2) is 10.6. The topological polar surface area (TPSA) is 117 Å². The predicted octanol–water partition coefficient (Wildman–Crippen LogP) is 4.69. The van der Waals surface area contributed by atoms with Crippen molar-refractivity contribution in [3.05, 3.63) is 82.7 Å². The summed E-state index contributed by atoms with van der Waals surface area (Å²) in [4.78, 5) is 16.8. The van der Waals surface area contributed by atoms with E-state index in [1.54, 1.807) is 0 Å². The zero-order valence-corrected chi connectivity index (χ0v) is 21.8. The number of nitrogens with zero attached hydrogens (tertiary/aromatic N) is 3. The van der Waals surface area contributed by atoms with E-state index in [9.17, 15) is 32.6 Å². The molecule has 0 fully saturated rings. The van der Waals surface area contributed by atoms with Gasteiger partial charge in [0, 0.05) is 26.2 Å². The van der Waals surface area contributed by atoms with Gasteiger partial charge in [0.2, 0.25) is 5.60 Å². The summed E-state index contributed by atoms with van der Waals surface area (Å²) in [6.45, 7) is -1.95. The molecule has 13 heteroatoms. The molecule has 2 heterocycles. The first kappa shape index (κ1) is 25.7. The van der Waals surface area contributed by atoms with Gasteiger partial charge in [-0.15, -0.1) is 5.10 Å². The van der Waals surface area contributed by atoms with Crippen LogP contribution in [0.25, 0.3) is 22.2 Å². The number of benzene rings is 2. The Morgan fingerprint density at radius 2 is 1.73 bits per heavy atom. The molecular weight excluding hydrogens is 551 g/mol. The van der Waals surface area contributed by atoms with Crippen molar-refractivity contribution in [3.63, 3.8) is 0 Å². The van der Waals surface area contributed by atoms with Crippen molar-refractivity contribution in [1.82, 2.24) is 20.5 Å². The molecule has 41 heavy (non-hydrogen) atoms. The van der Waals surface area contributed by atoms with E-state index in [4.69, 9.17) is 8.85 Å². The molecule has 0 radical (unpaired) electrons. The summed E-state index contributed by atoms with van der Waals surface area (Å²) in [7, 11) is 1.22. The maximum Gasteiger partial charge on any atom is 0.424 e. The molecule has 0 saturated heterocycles. The lowest BCUT2D eigenvalue weighted by molar-refractivity contribution is -0.265. The molecule has 1 amide bonds. The van der Waals surface area contributed by atoms with Crippen molar-refractivity contribution in [2.45, 2.75) is 38.1 Å². The van der Waals surface area contributed by atoms with Crippen LogP contribution in [0.15, 0.2) is 48.5 Å². The molecular formula is C28H25F5N4O4. The number of halogens is 5. The second-order valence-electron chi connectivity index (χ2n) is 9.67. The third kappa shape index (κ3) is 5.81. The highest BCUT2D eigenvalue weighted by molar-refractivity contribution is 5.99. The lowest BCUT2D eigenvalue weighted by Gasteiger charge is -2.32. The molecule has 2 aromatic heterocycles. The number of hydrogen-bond acceptors (Lipinski definition) is 7. The largest absolute Gasteiger partial charge is 0.494 e. The number of alkyl halides is 3. The molecule has 0 unspecified atom stereocenters. The lowest BCUT2D eigenvalue weighted by atomic mass is 9.90. The highest BCUT2D eigenvalue weighted by Crippen LogP contribution is 2.41. The quantitative estimate of drug-likeness (QED) is 0.272. The smallest absolute Gasteiger partial charge is 0.424 e. The molecule has 2 aromatic carbocycles. The molecule has 4 rings (SSSR count). The van der Waals surface area contributed by atoms with Gasteiger partial charge < -0.3 is 20.3 Å². The van der Waals surface area contributed by atoms with Gasteiger partial charge in [0.15, 0.2) is 5.82 Å². The van der Waals surface area contributed by atoms with Gasteiger partial charge in [-0.3, -0.25) is 4.79 Å². The fourth-order valence-corrected chi connectivity index (χ4v) is 4.04. The Bertz CT molecular complexity index is 1730. The van der Waals surface area contributed by atoms with E-state index in [0.29, 0.717) is 6.07 Å². The van der Waals surface area contributed by atoms with Crippen molar-refractivity contribution in [1.29, 1.82) is 0 Å². The van der Waals surface area contributed by atoms with Crippen molar-refractivity contribution >= 4 is 16.8 Å². The van der Waals surface area contributed by atoms with Gasteiger partial charge in [-0.2, -0.15) is 18.3 Å². The summed E-state index contributed by atoms with van der Waals surface area (Å²) in [5.74, 6) is -3.09. The standard InChI is InChI=1S/C28H25F5N4O4/c1-14-9-16-10-17(11-20(41-4)23(16)37-36-14)25(38)34-13-27(40,28(31,32)33)21-12-19(26(2,3)39)22(30)24(35-21)15-5-7-18(29)8-6-15/h5-12,39-40H,13H2,1-4H3,(H,34,38)/t27-/m0/s1/i1D3. The van der Waals surface area contributed by atoms with Crippen molar-refractivity contribution < 1.29 is 45.8 Å². The lowest BCUT2D eigenvalue weighted by Crippen LogP contribution is -2.51. The monoisotopic (exact) mass is 579 g/mol. The number of aliphatic hydroxyl groups is 2. The molecule has 0 aliphatic heterocycles. The van der Waals surface area contributed by atoms with Crippen LogP contribution in [0.2, 0.25) is 0 Å². The maximum absolute atomic E-state index is 15.5. The second-order valence-corrected chi connectivity index (χ2v) is 9.67. The molecule has 216 valence electrons. The Morgan fingerprint density at radius 1 is 1.05 bits per heavy atom. The van der Waals surface area contributed by atoms with Crippen LogP contribution in [0, 0.1) is 18.5 Å². The van der Waals surface area contributed by atoms with E-state index in [2.05, 4.69) is 15.2 Å². The number of ether oxygens (including phenoxy) is 1. The Labute approximate surface area is 235 Å². The number of amides is 1. The van der Waals surface area contributed by atoms with Crippen LogP contribution < -0.4 is 10.1 Å². The summed E-state index contributed by atoms with van der Waals surface area (Å²) >= 11 is 0. The van der Waals surface area contributed by atoms with Crippen molar-refractivity contribution in [2.24, 2.45) is 0 Å². The molecule has 8 nitrogen and oxygen atoms in total. The number of carbonyl (C=O) groups excluding carboxylic acids is 1. The van der Waals surface area contributed by atoms with Gasteiger partial charge >= 0.3 is 6.18 Å². The number of carbonyl (C=O) groups is 1. The fourth-order valence-electron chi connectivity index (χ4n) is 4.04. The average molecular weight is 580 g/mol.